The van der Waals surface area contributed by atoms with E-state index in [4.69, 9.17) is 4.74 Å². The number of hydrogen-bond acceptors (Lipinski definition) is 4. The standard InChI is InChI=1S/C19H26N4O.2ClH/c1-21-9-15-10-23(11-16-8-20-13-22(16)2)12-18(15)19(21)14-4-6-17(24-3)7-5-14;;/h4-8,13,15,18-19H,9-12H2,1-3H3;2*1H/t15-,18+,19-;;/m0../s1. The largest absolute Gasteiger partial charge is 0.497 e. The SMILES string of the molecule is COc1ccc([C@H]2[C@@H]3CN(Cc4cncn4C)C[C@@H]3CN2C)cc1.Cl.Cl. The summed E-state index contributed by atoms with van der Waals surface area (Å²) in [6.07, 6.45) is 3.88. The Kier molecular flexibility index (Phi) is 6.97. The van der Waals surface area contributed by atoms with Crippen LogP contribution in [0.4, 0.5) is 0 Å². The van der Waals surface area contributed by atoms with Gasteiger partial charge in [-0.15, -0.1) is 24.8 Å². The highest BCUT2D eigenvalue weighted by Crippen LogP contribution is 2.44. The Hall–Kier alpha value is -1.27. The lowest BCUT2D eigenvalue weighted by Crippen LogP contribution is -2.29. The quantitative estimate of drug-likeness (QED) is 0.792. The van der Waals surface area contributed by atoms with Crippen LogP contribution >= 0.6 is 24.8 Å². The van der Waals surface area contributed by atoms with Crippen LogP contribution in [0, 0.1) is 11.8 Å². The van der Waals surface area contributed by atoms with Crippen LogP contribution in [-0.2, 0) is 13.6 Å². The van der Waals surface area contributed by atoms with Crippen molar-refractivity contribution < 1.29 is 4.74 Å². The van der Waals surface area contributed by atoms with E-state index in [1.165, 1.54) is 24.3 Å². The van der Waals surface area contributed by atoms with Gasteiger partial charge < -0.3 is 9.30 Å². The third-order valence-electron chi connectivity index (χ3n) is 5.73. The summed E-state index contributed by atoms with van der Waals surface area (Å²) in [6.45, 7) is 4.54. The highest BCUT2D eigenvalue weighted by atomic mass is 35.5. The van der Waals surface area contributed by atoms with E-state index in [0.717, 1.165) is 24.8 Å². The molecule has 26 heavy (non-hydrogen) atoms. The molecule has 2 aliphatic heterocycles. The summed E-state index contributed by atoms with van der Waals surface area (Å²) >= 11 is 0. The number of hydrogen-bond donors (Lipinski definition) is 0. The average molecular weight is 399 g/mol. The van der Waals surface area contributed by atoms with Crippen molar-refractivity contribution >= 4 is 24.8 Å². The van der Waals surface area contributed by atoms with Gasteiger partial charge in [0.05, 0.1) is 19.1 Å². The summed E-state index contributed by atoms with van der Waals surface area (Å²) in [4.78, 5) is 9.36. The van der Waals surface area contributed by atoms with E-state index < -0.39 is 0 Å². The summed E-state index contributed by atoms with van der Waals surface area (Å²) in [6, 6.07) is 9.13. The third kappa shape index (κ3) is 3.86. The summed E-state index contributed by atoms with van der Waals surface area (Å²) in [7, 11) is 6.06. The summed E-state index contributed by atoms with van der Waals surface area (Å²) in [5.74, 6) is 2.40. The van der Waals surface area contributed by atoms with E-state index in [2.05, 4.69) is 57.7 Å². The third-order valence-corrected chi connectivity index (χ3v) is 5.73. The van der Waals surface area contributed by atoms with Crippen molar-refractivity contribution in [3.63, 3.8) is 0 Å². The summed E-state index contributed by atoms with van der Waals surface area (Å²) < 4.78 is 7.43. The van der Waals surface area contributed by atoms with Crippen molar-refractivity contribution in [3.8, 4) is 5.75 Å². The monoisotopic (exact) mass is 398 g/mol. The fourth-order valence-corrected chi connectivity index (χ4v) is 4.55. The second-order valence-electron chi connectivity index (χ2n) is 7.27. The highest BCUT2D eigenvalue weighted by molar-refractivity contribution is 5.85. The fraction of sp³-hybridized carbons (Fsp3) is 0.526. The number of methoxy groups -OCH3 is 1. The number of rotatable bonds is 4. The molecule has 2 aliphatic rings. The van der Waals surface area contributed by atoms with Crippen LogP contribution < -0.4 is 4.74 Å². The minimum atomic E-state index is 0. The van der Waals surface area contributed by atoms with Gasteiger partial charge in [0, 0.05) is 45.5 Å². The molecule has 144 valence electrons. The first-order valence-electron chi connectivity index (χ1n) is 8.67. The zero-order valence-corrected chi connectivity index (χ0v) is 17.2. The van der Waals surface area contributed by atoms with E-state index in [1.807, 2.05) is 12.5 Å². The maximum absolute atomic E-state index is 5.30. The maximum atomic E-state index is 5.30. The Bertz CT molecular complexity index is 706. The van der Waals surface area contributed by atoms with E-state index in [1.54, 1.807) is 7.11 Å². The molecule has 0 aliphatic carbocycles. The van der Waals surface area contributed by atoms with Crippen LogP contribution in [0.5, 0.6) is 5.75 Å². The van der Waals surface area contributed by atoms with Crippen LogP contribution in [0.25, 0.3) is 0 Å². The summed E-state index contributed by atoms with van der Waals surface area (Å²) in [5.41, 5.74) is 2.71. The number of ether oxygens (including phenoxy) is 1. The van der Waals surface area contributed by atoms with Gasteiger partial charge >= 0.3 is 0 Å². The molecule has 5 nitrogen and oxygen atoms in total. The lowest BCUT2D eigenvalue weighted by Gasteiger charge is -2.27. The molecule has 2 saturated heterocycles. The predicted octanol–water partition coefficient (Wildman–Crippen LogP) is 3.01. The number of aromatic nitrogens is 2. The van der Waals surface area contributed by atoms with Crippen molar-refractivity contribution in [1.82, 2.24) is 19.4 Å². The molecular weight excluding hydrogens is 371 g/mol. The molecule has 1 aromatic heterocycles. The Morgan fingerprint density at radius 2 is 1.81 bits per heavy atom. The first-order valence-corrected chi connectivity index (χ1v) is 8.67. The Balaban J connectivity index is 0.00000121. The lowest BCUT2D eigenvalue weighted by atomic mass is 9.89. The minimum absolute atomic E-state index is 0. The van der Waals surface area contributed by atoms with Crippen molar-refractivity contribution in [1.29, 1.82) is 0 Å². The second-order valence-corrected chi connectivity index (χ2v) is 7.27. The topological polar surface area (TPSA) is 33.5 Å². The van der Waals surface area contributed by atoms with E-state index >= 15 is 0 Å². The van der Waals surface area contributed by atoms with Gasteiger partial charge in [-0.05, 0) is 36.6 Å². The average Bonchev–Trinajstić information content (AvgIpc) is 3.23. The number of aryl methyl sites for hydroxylation is 1. The van der Waals surface area contributed by atoms with Crippen molar-refractivity contribution in [2.75, 3.05) is 33.8 Å². The number of nitrogens with zero attached hydrogens (tertiary/aromatic N) is 4. The van der Waals surface area contributed by atoms with Crippen molar-refractivity contribution in [3.05, 3.63) is 48.0 Å². The number of fused-ring (bicyclic) bond motifs is 1. The normalized spacial score (nSPS) is 25.4. The zero-order chi connectivity index (χ0) is 16.7. The van der Waals surface area contributed by atoms with Gasteiger partial charge in [-0.3, -0.25) is 9.80 Å². The number of imidazole rings is 1. The molecule has 0 spiro atoms. The maximum Gasteiger partial charge on any atom is 0.118 e. The molecule has 0 saturated carbocycles. The molecule has 3 heterocycles. The highest BCUT2D eigenvalue weighted by Gasteiger charge is 2.45. The smallest absolute Gasteiger partial charge is 0.118 e. The molecule has 2 aromatic rings. The van der Waals surface area contributed by atoms with Gasteiger partial charge in [-0.1, -0.05) is 12.1 Å². The van der Waals surface area contributed by atoms with Gasteiger partial charge in [0.15, 0.2) is 0 Å². The number of likely N-dealkylation sites (tertiary alicyclic amines) is 2. The molecule has 0 unspecified atom stereocenters. The van der Waals surface area contributed by atoms with Gasteiger partial charge in [0.25, 0.3) is 0 Å². The van der Waals surface area contributed by atoms with Crippen LogP contribution in [0.3, 0.4) is 0 Å². The zero-order valence-electron chi connectivity index (χ0n) is 15.5. The predicted molar refractivity (Wildman–Crippen MR) is 108 cm³/mol. The van der Waals surface area contributed by atoms with E-state index in [9.17, 15) is 0 Å². The molecule has 0 bridgehead atoms. The number of benzene rings is 1. The molecular formula is C19H28Cl2N4O. The van der Waals surface area contributed by atoms with Gasteiger partial charge in [-0.25, -0.2) is 4.98 Å². The van der Waals surface area contributed by atoms with Crippen LogP contribution in [0.1, 0.15) is 17.3 Å². The Morgan fingerprint density at radius 3 is 2.42 bits per heavy atom. The Morgan fingerprint density at radius 1 is 1.08 bits per heavy atom. The van der Waals surface area contributed by atoms with Crippen molar-refractivity contribution in [2.24, 2.45) is 18.9 Å². The molecule has 4 rings (SSSR count). The molecule has 1 aromatic carbocycles. The molecule has 7 heteroatoms. The molecule has 0 amide bonds. The molecule has 0 N–H and O–H groups in total. The van der Waals surface area contributed by atoms with Crippen LogP contribution in [-0.4, -0.2) is 53.1 Å². The lowest BCUT2D eigenvalue weighted by molar-refractivity contribution is 0.222. The van der Waals surface area contributed by atoms with Gasteiger partial charge in [0.1, 0.15) is 5.75 Å². The van der Waals surface area contributed by atoms with Crippen molar-refractivity contribution in [2.45, 2.75) is 12.6 Å². The van der Waals surface area contributed by atoms with Crippen LogP contribution in [0.2, 0.25) is 0 Å². The summed E-state index contributed by atoms with van der Waals surface area (Å²) in [5, 5.41) is 0. The molecule has 0 radical (unpaired) electrons. The first-order chi connectivity index (χ1) is 11.7. The van der Waals surface area contributed by atoms with Gasteiger partial charge in [-0.2, -0.15) is 0 Å². The molecule has 2 fully saturated rings. The molecule has 3 atom stereocenters. The Labute approximate surface area is 168 Å². The second kappa shape index (κ2) is 8.61. The van der Waals surface area contributed by atoms with E-state index in [0.29, 0.717) is 12.0 Å². The van der Waals surface area contributed by atoms with Crippen LogP contribution in [0.15, 0.2) is 36.8 Å². The number of halogens is 2. The minimum Gasteiger partial charge on any atom is -0.497 e. The first kappa shape index (κ1) is 21.0. The fourth-order valence-electron chi connectivity index (χ4n) is 4.55. The van der Waals surface area contributed by atoms with Gasteiger partial charge in [0.2, 0.25) is 0 Å². The van der Waals surface area contributed by atoms with E-state index in [-0.39, 0.29) is 24.8 Å².